The molecule has 76 valence electrons. The van der Waals surface area contributed by atoms with E-state index < -0.39 is 5.97 Å². The molecular formula is C12H15KO2. The summed E-state index contributed by atoms with van der Waals surface area (Å²) in [5.74, 6) is -1.12. The van der Waals surface area contributed by atoms with Crippen LogP contribution in [0.4, 0.5) is 0 Å². The summed E-state index contributed by atoms with van der Waals surface area (Å²) in [5.41, 5.74) is 1.50. The van der Waals surface area contributed by atoms with Crippen molar-refractivity contribution in [3.63, 3.8) is 0 Å². The molecule has 0 bridgehead atoms. The van der Waals surface area contributed by atoms with Gasteiger partial charge in [0.05, 0.1) is 5.97 Å². The van der Waals surface area contributed by atoms with Gasteiger partial charge in [-0.3, -0.25) is 0 Å². The smallest absolute Gasteiger partial charge is 0.545 e. The van der Waals surface area contributed by atoms with E-state index in [9.17, 15) is 9.90 Å². The molecule has 1 aromatic rings. The Bertz CT molecular complexity index is 328. The van der Waals surface area contributed by atoms with Crippen LogP contribution in [0.25, 0.3) is 0 Å². The van der Waals surface area contributed by atoms with Crippen molar-refractivity contribution in [2.75, 3.05) is 0 Å². The van der Waals surface area contributed by atoms with Crippen LogP contribution in [0.5, 0.6) is 0 Å². The molecule has 0 aliphatic rings. The molecule has 1 rings (SSSR count). The van der Waals surface area contributed by atoms with E-state index in [4.69, 9.17) is 0 Å². The minimum atomic E-state index is -1.12. The monoisotopic (exact) mass is 230 g/mol. The Hall–Kier alpha value is 0.326. The van der Waals surface area contributed by atoms with Gasteiger partial charge in [-0.2, -0.15) is 0 Å². The second-order valence-electron chi connectivity index (χ2n) is 4.10. The molecule has 0 saturated carbocycles. The van der Waals surface area contributed by atoms with E-state index in [1.54, 1.807) is 12.1 Å². The third kappa shape index (κ3) is 4.00. The fourth-order valence-electron chi connectivity index (χ4n) is 1.26. The van der Waals surface area contributed by atoms with Crippen molar-refractivity contribution < 1.29 is 61.3 Å². The van der Waals surface area contributed by atoms with E-state index in [1.807, 2.05) is 12.1 Å². The van der Waals surface area contributed by atoms with Gasteiger partial charge in [0.1, 0.15) is 0 Å². The van der Waals surface area contributed by atoms with Crippen LogP contribution in [-0.4, -0.2) is 5.97 Å². The molecule has 0 unspecified atom stereocenters. The van der Waals surface area contributed by atoms with Gasteiger partial charge in [-0.1, -0.05) is 45.0 Å². The summed E-state index contributed by atoms with van der Waals surface area (Å²) >= 11 is 0. The quantitative estimate of drug-likeness (QED) is 0.608. The van der Waals surface area contributed by atoms with E-state index in [0.29, 0.717) is 0 Å². The fraction of sp³-hybridized carbons (Fsp3) is 0.417. The first kappa shape index (κ1) is 15.3. The number of rotatable bonds is 3. The first-order valence-corrected chi connectivity index (χ1v) is 4.79. The maximum absolute atomic E-state index is 10.5. The van der Waals surface area contributed by atoms with E-state index in [2.05, 4.69) is 20.8 Å². The Kier molecular flexibility index (Phi) is 6.29. The molecule has 2 nitrogen and oxygen atoms in total. The van der Waals surface area contributed by atoms with Crippen molar-refractivity contribution in [2.24, 2.45) is 0 Å². The molecular weight excluding hydrogens is 215 g/mol. The fourth-order valence-corrected chi connectivity index (χ4v) is 1.26. The molecule has 0 atom stereocenters. The van der Waals surface area contributed by atoms with Gasteiger partial charge in [0.15, 0.2) is 0 Å². The second-order valence-corrected chi connectivity index (χ2v) is 4.10. The number of hydrogen-bond donors (Lipinski definition) is 0. The molecule has 1 aromatic carbocycles. The summed E-state index contributed by atoms with van der Waals surface area (Å²) in [6.07, 6.45) is 1.03. The number of carboxylic acids is 1. The summed E-state index contributed by atoms with van der Waals surface area (Å²) in [6, 6.07) is 6.91. The van der Waals surface area contributed by atoms with Crippen LogP contribution in [0.3, 0.4) is 0 Å². The maximum Gasteiger partial charge on any atom is 1.00 e. The van der Waals surface area contributed by atoms with Crippen molar-refractivity contribution in [3.8, 4) is 0 Å². The minimum absolute atomic E-state index is 0. The van der Waals surface area contributed by atoms with E-state index in [0.717, 1.165) is 12.0 Å². The third-order valence-electron chi connectivity index (χ3n) is 2.79. The van der Waals surface area contributed by atoms with Gasteiger partial charge >= 0.3 is 51.4 Å². The van der Waals surface area contributed by atoms with Crippen LogP contribution >= 0.6 is 0 Å². The Morgan fingerprint density at radius 2 is 1.73 bits per heavy atom. The molecule has 0 radical (unpaired) electrons. The zero-order valence-corrected chi connectivity index (χ0v) is 13.0. The molecule has 0 heterocycles. The summed E-state index contributed by atoms with van der Waals surface area (Å²) in [6.45, 7) is 6.40. The molecule has 0 amide bonds. The van der Waals surface area contributed by atoms with Crippen LogP contribution in [0.15, 0.2) is 24.3 Å². The number of carbonyl (C=O) groups excluding carboxylic acids is 1. The summed E-state index contributed by atoms with van der Waals surface area (Å²) in [4.78, 5) is 10.5. The van der Waals surface area contributed by atoms with Crippen LogP contribution in [0.1, 0.15) is 43.1 Å². The SMILES string of the molecule is CCC(C)(C)c1ccc(C(=O)[O-])cc1.[K+]. The van der Waals surface area contributed by atoms with Crippen molar-refractivity contribution >= 4 is 5.97 Å². The number of benzene rings is 1. The van der Waals surface area contributed by atoms with Gasteiger partial charge in [-0.05, 0) is 23.0 Å². The Balaban J connectivity index is 0.00000196. The van der Waals surface area contributed by atoms with Gasteiger partial charge in [-0.25, -0.2) is 0 Å². The predicted molar refractivity (Wildman–Crippen MR) is 54.1 cm³/mol. The largest absolute Gasteiger partial charge is 1.00 e. The Morgan fingerprint density at radius 1 is 1.27 bits per heavy atom. The first-order chi connectivity index (χ1) is 6.47. The topological polar surface area (TPSA) is 40.1 Å². The average molecular weight is 230 g/mol. The van der Waals surface area contributed by atoms with Gasteiger partial charge in [-0.15, -0.1) is 0 Å². The van der Waals surface area contributed by atoms with Gasteiger partial charge in [0.2, 0.25) is 0 Å². The molecule has 0 spiro atoms. The normalized spacial score (nSPS) is 10.6. The zero-order valence-electron chi connectivity index (χ0n) is 9.83. The van der Waals surface area contributed by atoms with Crippen molar-refractivity contribution in [1.29, 1.82) is 0 Å². The first-order valence-electron chi connectivity index (χ1n) is 4.79. The van der Waals surface area contributed by atoms with Gasteiger partial charge in [0, 0.05) is 0 Å². The van der Waals surface area contributed by atoms with E-state index >= 15 is 0 Å². The molecule has 0 aliphatic heterocycles. The molecule has 3 heteroatoms. The van der Waals surface area contributed by atoms with E-state index in [1.165, 1.54) is 0 Å². The van der Waals surface area contributed by atoms with E-state index in [-0.39, 0.29) is 62.4 Å². The average Bonchev–Trinajstić information content (AvgIpc) is 2.18. The Labute approximate surface area is 133 Å². The molecule has 0 fully saturated rings. The van der Waals surface area contributed by atoms with Gasteiger partial charge < -0.3 is 9.90 Å². The summed E-state index contributed by atoms with van der Waals surface area (Å²) < 4.78 is 0. The summed E-state index contributed by atoms with van der Waals surface area (Å²) in [5, 5.41) is 10.5. The third-order valence-corrected chi connectivity index (χ3v) is 2.79. The van der Waals surface area contributed by atoms with Crippen LogP contribution in [0, 0.1) is 0 Å². The molecule has 0 aromatic heterocycles. The van der Waals surface area contributed by atoms with Crippen molar-refractivity contribution in [2.45, 2.75) is 32.6 Å². The number of hydrogen-bond acceptors (Lipinski definition) is 2. The van der Waals surface area contributed by atoms with Crippen molar-refractivity contribution in [1.82, 2.24) is 0 Å². The van der Waals surface area contributed by atoms with Crippen LogP contribution in [0.2, 0.25) is 0 Å². The Morgan fingerprint density at radius 3 is 2.07 bits per heavy atom. The molecule has 15 heavy (non-hydrogen) atoms. The standard InChI is InChI=1S/C12H16O2.K/c1-4-12(2,3)10-7-5-9(6-8-10)11(13)14;/h5-8H,4H2,1-3H3,(H,13,14);/q;+1/p-1. The maximum atomic E-state index is 10.5. The molecule has 0 saturated heterocycles. The van der Waals surface area contributed by atoms with Crippen molar-refractivity contribution in [3.05, 3.63) is 35.4 Å². The summed E-state index contributed by atoms with van der Waals surface area (Å²) in [7, 11) is 0. The number of aromatic carboxylic acids is 1. The van der Waals surface area contributed by atoms with Crippen LogP contribution < -0.4 is 56.5 Å². The predicted octanol–water partition coefficient (Wildman–Crippen LogP) is -1.26. The molecule has 0 aliphatic carbocycles. The van der Waals surface area contributed by atoms with Gasteiger partial charge in [0.25, 0.3) is 0 Å². The van der Waals surface area contributed by atoms with Crippen LogP contribution in [-0.2, 0) is 5.41 Å². The minimum Gasteiger partial charge on any atom is -0.545 e. The zero-order chi connectivity index (χ0) is 10.8. The number of carbonyl (C=O) groups is 1. The number of carboxylic acid groups (broad SMARTS) is 1. The molecule has 0 N–H and O–H groups in total. The second kappa shape index (κ2) is 6.16.